The Morgan fingerprint density at radius 2 is 1.41 bits per heavy atom. The van der Waals surface area contributed by atoms with E-state index in [1.54, 1.807) is 12.1 Å². The number of aryl methyl sites for hydroxylation is 3. The maximum atomic E-state index is 15.1. The lowest BCUT2D eigenvalue weighted by molar-refractivity contribution is -0.00181. The number of ether oxygens (including phenoxy) is 1. The Hall–Kier alpha value is -2.73. The molecule has 2 unspecified atom stereocenters. The molecular formula is C31H33F5O. The summed E-state index contributed by atoms with van der Waals surface area (Å²) in [4.78, 5) is 0. The molecule has 0 saturated carbocycles. The van der Waals surface area contributed by atoms with Gasteiger partial charge in [-0.25, -0.2) is 22.0 Å². The molecule has 4 rings (SSSR count). The maximum absolute atomic E-state index is 15.1. The van der Waals surface area contributed by atoms with Gasteiger partial charge in [0.1, 0.15) is 5.82 Å². The maximum Gasteiger partial charge on any atom is 0.167 e. The third-order valence-corrected chi connectivity index (χ3v) is 7.31. The molecule has 0 bridgehead atoms. The van der Waals surface area contributed by atoms with Crippen molar-refractivity contribution in [3.63, 3.8) is 0 Å². The van der Waals surface area contributed by atoms with Crippen LogP contribution in [0, 0.1) is 29.1 Å². The van der Waals surface area contributed by atoms with Crippen molar-refractivity contribution in [2.45, 2.75) is 77.2 Å². The monoisotopic (exact) mass is 516 g/mol. The van der Waals surface area contributed by atoms with Crippen LogP contribution in [0.15, 0.2) is 42.5 Å². The van der Waals surface area contributed by atoms with Gasteiger partial charge in [-0.2, -0.15) is 0 Å². The normalized spacial score (nSPS) is 17.8. The summed E-state index contributed by atoms with van der Waals surface area (Å²) in [6.45, 7) is 4.35. The van der Waals surface area contributed by atoms with E-state index in [2.05, 4.69) is 6.92 Å². The van der Waals surface area contributed by atoms with E-state index in [1.165, 1.54) is 30.3 Å². The molecule has 2 atom stereocenters. The van der Waals surface area contributed by atoms with Crippen molar-refractivity contribution >= 4 is 0 Å². The molecule has 37 heavy (non-hydrogen) atoms. The van der Waals surface area contributed by atoms with E-state index in [9.17, 15) is 8.78 Å². The smallest absolute Gasteiger partial charge is 0.167 e. The van der Waals surface area contributed by atoms with E-state index < -0.39 is 23.3 Å². The van der Waals surface area contributed by atoms with E-state index in [1.807, 2.05) is 6.92 Å². The molecule has 0 N–H and O–H groups in total. The first-order valence-corrected chi connectivity index (χ1v) is 13.2. The van der Waals surface area contributed by atoms with Crippen LogP contribution in [0.5, 0.6) is 0 Å². The minimum absolute atomic E-state index is 0.0952. The van der Waals surface area contributed by atoms with Crippen molar-refractivity contribution in [3.8, 4) is 11.1 Å². The Balaban J connectivity index is 1.50. The molecule has 3 aromatic carbocycles. The van der Waals surface area contributed by atoms with Gasteiger partial charge in [-0.3, -0.25) is 0 Å². The van der Waals surface area contributed by atoms with Gasteiger partial charge in [0.2, 0.25) is 0 Å². The Labute approximate surface area is 215 Å². The minimum atomic E-state index is -1.23. The lowest BCUT2D eigenvalue weighted by Gasteiger charge is -2.29. The molecule has 1 aliphatic heterocycles. The van der Waals surface area contributed by atoms with Gasteiger partial charge in [0, 0.05) is 17.0 Å². The third-order valence-electron chi connectivity index (χ3n) is 7.31. The molecule has 1 fully saturated rings. The molecule has 1 saturated heterocycles. The highest BCUT2D eigenvalue weighted by Crippen LogP contribution is 2.36. The lowest BCUT2D eigenvalue weighted by Crippen LogP contribution is -2.25. The Morgan fingerprint density at radius 1 is 0.703 bits per heavy atom. The van der Waals surface area contributed by atoms with Crippen molar-refractivity contribution in [3.05, 3.63) is 93.8 Å². The summed E-state index contributed by atoms with van der Waals surface area (Å²) in [6.07, 6.45) is 5.47. The molecule has 0 spiro atoms. The quantitative estimate of drug-likeness (QED) is 0.258. The van der Waals surface area contributed by atoms with E-state index in [0.717, 1.165) is 25.7 Å². The van der Waals surface area contributed by atoms with E-state index in [0.29, 0.717) is 37.0 Å². The number of rotatable bonds is 9. The second-order valence-corrected chi connectivity index (χ2v) is 9.92. The van der Waals surface area contributed by atoms with Crippen molar-refractivity contribution in [2.75, 3.05) is 6.61 Å². The number of hydrogen-bond donors (Lipinski definition) is 0. The standard InChI is InChI=1S/C31H33F5O/c1-3-5-20-9-7-19(17-27(20)32)8-10-21-12-14-25(30(35)28(21)33)26-16-15-24(29(34)31(26)36)22-11-13-23(6-4-2)37-18-22/h7,9,12,14-17,22-23H,3-6,8,10-11,13,18H2,1-2H3. The molecule has 1 nitrogen and oxygen atoms in total. The Morgan fingerprint density at radius 3 is 2.05 bits per heavy atom. The van der Waals surface area contributed by atoms with Crippen molar-refractivity contribution in [1.82, 2.24) is 0 Å². The summed E-state index contributed by atoms with van der Waals surface area (Å²) in [7, 11) is 0. The van der Waals surface area contributed by atoms with Crippen molar-refractivity contribution < 1.29 is 26.7 Å². The van der Waals surface area contributed by atoms with Gasteiger partial charge in [0.05, 0.1) is 12.7 Å². The summed E-state index contributed by atoms with van der Waals surface area (Å²) in [5, 5.41) is 0. The first kappa shape index (κ1) is 27.3. The molecule has 0 aromatic heterocycles. The average molecular weight is 517 g/mol. The predicted molar refractivity (Wildman–Crippen MR) is 136 cm³/mol. The third kappa shape index (κ3) is 6.06. The molecule has 6 heteroatoms. The van der Waals surface area contributed by atoms with Crippen LogP contribution < -0.4 is 0 Å². The van der Waals surface area contributed by atoms with Gasteiger partial charge in [0.15, 0.2) is 23.3 Å². The predicted octanol–water partition coefficient (Wildman–Crippen LogP) is 8.85. The van der Waals surface area contributed by atoms with Gasteiger partial charge in [-0.15, -0.1) is 0 Å². The zero-order valence-corrected chi connectivity index (χ0v) is 21.4. The molecule has 198 valence electrons. The average Bonchev–Trinajstić information content (AvgIpc) is 2.89. The minimum Gasteiger partial charge on any atom is -0.378 e. The van der Waals surface area contributed by atoms with Gasteiger partial charge in [-0.1, -0.05) is 63.1 Å². The largest absolute Gasteiger partial charge is 0.378 e. The molecule has 0 aliphatic carbocycles. The highest BCUT2D eigenvalue weighted by molar-refractivity contribution is 5.66. The first-order chi connectivity index (χ1) is 17.8. The SMILES string of the molecule is CCCc1ccc(CCc2ccc(-c3ccc(C4CCC(CCC)OC4)c(F)c3F)c(F)c2F)cc1F. The van der Waals surface area contributed by atoms with Crippen molar-refractivity contribution in [1.29, 1.82) is 0 Å². The van der Waals surface area contributed by atoms with Crippen LogP contribution in [0.1, 0.15) is 74.1 Å². The molecule has 1 heterocycles. The van der Waals surface area contributed by atoms with Crippen LogP contribution in [-0.2, 0) is 24.0 Å². The van der Waals surface area contributed by atoms with Gasteiger partial charge in [-0.05, 0) is 66.8 Å². The highest BCUT2D eigenvalue weighted by Gasteiger charge is 2.28. The summed E-state index contributed by atoms with van der Waals surface area (Å²) < 4.78 is 80.0. The summed E-state index contributed by atoms with van der Waals surface area (Å²) in [5.74, 6) is -5.15. The van der Waals surface area contributed by atoms with Crippen LogP contribution in [0.3, 0.4) is 0 Å². The van der Waals surface area contributed by atoms with E-state index in [4.69, 9.17) is 4.74 Å². The Kier molecular flexibility index (Phi) is 9.01. The van der Waals surface area contributed by atoms with E-state index in [-0.39, 0.29) is 46.5 Å². The fourth-order valence-corrected chi connectivity index (χ4v) is 5.18. The lowest BCUT2D eigenvalue weighted by atomic mass is 9.88. The zero-order valence-electron chi connectivity index (χ0n) is 21.4. The number of benzene rings is 3. The van der Waals surface area contributed by atoms with Crippen LogP contribution in [-0.4, -0.2) is 12.7 Å². The van der Waals surface area contributed by atoms with Crippen LogP contribution in [0.2, 0.25) is 0 Å². The summed E-state index contributed by atoms with van der Waals surface area (Å²) >= 11 is 0. The van der Waals surface area contributed by atoms with Gasteiger partial charge >= 0.3 is 0 Å². The molecule has 1 aliphatic rings. The molecular weight excluding hydrogens is 483 g/mol. The van der Waals surface area contributed by atoms with Crippen LogP contribution >= 0.6 is 0 Å². The van der Waals surface area contributed by atoms with Crippen LogP contribution in [0.4, 0.5) is 22.0 Å². The van der Waals surface area contributed by atoms with Gasteiger partial charge in [0.25, 0.3) is 0 Å². The first-order valence-electron chi connectivity index (χ1n) is 13.2. The highest BCUT2D eigenvalue weighted by atomic mass is 19.2. The molecule has 3 aromatic rings. The fourth-order valence-electron chi connectivity index (χ4n) is 5.18. The fraction of sp³-hybridized carbons (Fsp3) is 0.419. The second kappa shape index (κ2) is 12.2. The van der Waals surface area contributed by atoms with E-state index >= 15 is 13.2 Å². The summed E-state index contributed by atoms with van der Waals surface area (Å²) in [6, 6.07) is 10.3. The molecule has 0 radical (unpaired) electrons. The number of halogens is 5. The van der Waals surface area contributed by atoms with Crippen molar-refractivity contribution in [2.24, 2.45) is 0 Å². The second-order valence-electron chi connectivity index (χ2n) is 9.92. The topological polar surface area (TPSA) is 9.23 Å². The summed E-state index contributed by atoms with van der Waals surface area (Å²) in [5.41, 5.74) is 0.951. The number of hydrogen-bond acceptors (Lipinski definition) is 1. The molecule has 0 amide bonds. The Bertz CT molecular complexity index is 1230. The van der Waals surface area contributed by atoms with Gasteiger partial charge < -0.3 is 4.74 Å². The zero-order chi connectivity index (χ0) is 26.5. The van der Waals surface area contributed by atoms with Crippen LogP contribution in [0.25, 0.3) is 11.1 Å².